The van der Waals surface area contributed by atoms with Gasteiger partial charge in [-0.15, -0.1) is 0 Å². The summed E-state index contributed by atoms with van der Waals surface area (Å²) in [6.07, 6.45) is 10.4. The molecule has 11 heteroatoms. The number of nitrogens with zero attached hydrogens (tertiary/aromatic N) is 2. The summed E-state index contributed by atoms with van der Waals surface area (Å²) in [6, 6.07) is 7.78. The molecule has 0 aromatic heterocycles. The summed E-state index contributed by atoms with van der Waals surface area (Å²) in [5.41, 5.74) is 3.86. The maximum Gasteiger partial charge on any atom is 1.00 e. The third-order valence-electron chi connectivity index (χ3n) is 4.78. The molecule has 0 saturated carbocycles. The minimum atomic E-state index is -4.18. The fourth-order valence-corrected chi connectivity index (χ4v) is 4.02. The number of hydrogen-bond donors (Lipinski definition) is 0. The zero-order valence-corrected chi connectivity index (χ0v) is 22.2. The van der Waals surface area contributed by atoms with Crippen LogP contribution in [0.4, 0.5) is 5.69 Å². The standard InChI is InChI=1S/C21H28N2O6S2.Na/c1-22(13-3-15-30(24,25)26)20-9-5-18(6-10-20)17-19-7-11-21(12-8-19)23(2)14-4-16-31(27,28)29;/h5-12,17H,3-4,13-16H2,1-2H3,(H-,24,25,26,27,28,29);/q;+1/p-1. The molecule has 0 spiro atoms. The minimum absolute atomic E-state index is 0. The predicted molar refractivity (Wildman–Crippen MR) is 120 cm³/mol. The second kappa shape index (κ2) is 12.8. The fraction of sp³-hybridized carbons (Fsp3) is 0.381. The van der Waals surface area contributed by atoms with Gasteiger partial charge < -0.3 is 14.0 Å². The Bertz CT molecular complexity index is 1090. The molecule has 0 unspecified atom stereocenters. The monoisotopic (exact) mass is 490 g/mol. The first-order chi connectivity index (χ1) is 14.4. The fourth-order valence-electron chi connectivity index (χ4n) is 3.06. The van der Waals surface area contributed by atoms with Gasteiger partial charge in [-0.3, -0.25) is 0 Å². The van der Waals surface area contributed by atoms with E-state index in [-0.39, 0.29) is 53.9 Å². The van der Waals surface area contributed by atoms with Gasteiger partial charge in [0.05, 0.1) is 20.2 Å². The van der Waals surface area contributed by atoms with E-state index in [4.69, 9.17) is 0 Å². The van der Waals surface area contributed by atoms with Gasteiger partial charge in [0.15, 0.2) is 5.71 Å². The molecule has 1 aliphatic carbocycles. The van der Waals surface area contributed by atoms with Crippen molar-refractivity contribution >= 4 is 37.7 Å². The molecular formula is C21H27N2NaO6S2. The van der Waals surface area contributed by atoms with Gasteiger partial charge in [-0.1, -0.05) is 12.1 Å². The molecule has 170 valence electrons. The van der Waals surface area contributed by atoms with E-state index in [0.29, 0.717) is 13.1 Å². The summed E-state index contributed by atoms with van der Waals surface area (Å²) in [7, 11) is -4.68. The molecule has 1 aliphatic rings. The maximum absolute atomic E-state index is 10.7. The topological polar surface area (TPSA) is 121 Å². The van der Waals surface area contributed by atoms with E-state index in [1.54, 1.807) is 0 Å². The van der Waals surface area contributed by atoms with E-state index < -0.39 is 20.2 Å². The molecule has 2 rings (SSSR count). The van der Waals surface area contributed by atoms with Crippen LogP contribution >= 0.6 is 0 Å². The molecule has 0 N–H and O–H groups in total. The number of allylic oxidation sites excluding steroid dienone is 5. The van der Waals surface area contributed by atoms with Crippen LogP contribution in [0, 0.1) is 0 Å². The second-order valence-electron chi connectivity index (χ2n) is 7.40. The van der Waals surface area contributed by atoms with Crippen LogP contribution in [-0.4, -0.2) is 74.9 Å². The molecule has 0 aliphatic heterocycles. The van der Waals surface area contributed by atoms with Crippen LogP contribution in [0.25, 0.3) is 6.08 Å². The van der Waals surface area contributed by atoms with Crippen molar-refractivity contribution < 1.29 is 60.1 Å². The molecule has 0 heterocycles. The van der Waals surface area contributed by atoms with Crippen molar-refractivity contribution in [2.75, 3.05) is 43.6 Å². The van der Waals surface area contributed by atoms with E-state index in [9.17, 15) is 25.9 Å². The quantitative estimate of drug-likeness (QED) is 0.224. The second-order valence-corrected chi connectivity index (χ2v) is 10.4. The van der Waals surface area contributed by atoms with Crippen LogP contribution in [0.3, 0.4) is 0 Å². The van der Waals surface area contributed by atoms with Crippen molar-refractivity contribution in [1.82, 2.24) is 0 Å². The minimum Gasteiger partial charge on any atom is -0.748 e. The van der Waals surface area contributed by atoms with E-state index in [0.717, 1.165) is 22.5 Å². The summed E-state index contributed by atoms with van der Waals surface area (Å²) in [5.74, 6) is -0.738. The number of hydrogen-bond acceptors (Lipinski definition) is 7. The predicted octanol–water partition coefficient (Wildman–Crippen LogP) is -1.41. The smallest absolute Gasteiger partial charge is 0.748 e. The summed E-state index contributed by atoms with van der Waals surface area (Å²) in [4.78, 5) is 1.90. The van der Waals surface area contributed by atoms with Gasteiger partial charge in [0, 0.05) is 49.4 Å². The normalized spacial score (nSPS) is 13.6. The van der Waals surface area contributed by atoms with Crippen molar-refractivity contribution in [1.29, 1.82) is 0 Å². The Balaban J connectivity index is 0.00000512. The van der Waals surface area contributed by atoms with E-state index in [1.807, 2.05) is 78.2 Å². The molecule has 0 fully saturated rings. The summed E-state index contributed by atoms with van der Waals surface area (Å²) in [5, 5.41) is 0. The average molecular weight is 491 g/mol. The zero-order chi connectivity index (χ0) is 23.1. The van der Waals surface area contributed by atoms with Gasteiger partial charge in [0.2, 0.25) is 0 Å². The maximum atomic E-state index is 10.7. The van der Waals surface area contributed by atoms with Crippen molar-refractivity contribution in [2.24, 2.45) is 0 Å². The number of rotatable bonds is 10. The van der Waals surface area contributed by atoms with Crippen LogP contribution in [0.15, 0.2) is 54.1 Å². The Morgan fingerprint density at radius 2 is 1.44 bits per heavy atom. The van der Waals surface area contributed by atoms with Crippen molar-refractivity contribution in [3.8, 4) is 0 Å². The Labute approximate surface area is 212 Å². The summed E-state index contributed by atoms with van der Waals surface area (Å²) in [6.45, 7) is 0.945. The van der Waals surface area contributed by atoms with Crippen LogP contribution in [0.5, 0.6) is 0 Å². The first-order valence-corrected chi connectivity index (χ1v) is 12.9. The van der Waals surface area contributed by atoms with Crippen LogP contribution < -0.4 is 34.5 Å². The van der Waals surface area contributed by atoms with Crippen molar-refractivity contribution in [2.45, 2.75) is 12.8 Å². The SMILES string of the molecule is CN(CCCS(=O)(=O)[O-])c1ccc(C=C2C=CC(=[N+](C)CCCS(=O)(=O)[O-])C=C2)cc1.[Na+]. The molecule has 1 aromatic carbocycles. The summed E-state index contributed by atoms with van der Waals surface area (Å²) >= 11 is 0. The van der Waals surface area contributed by atoms with Gasteiger partial charge >= 0.3 is 29.6 Å². The average Bonchev–Trinajstić information content (AvgIpc) is 2.67. The Kier molecular flexibility index (Phi) is 11.5. The van der Waals surface area contributed by atoms with Crippen LogP contribution in [0.1, 0.15) is 18.4 Å². The van der Waals surface area contributed by atoms with Gasteiger partial charge in [-0.05, 0) is 47.9 Å². The van der Waals surface area contributed by atoms with E-state index in [1.165, 1.54) is 0 Å². The Hall–Kier alpha value is -1.27. The first-order valence-electron chi connectivity index (χ1n) is 9.77. The van der Waals surface area contributed by atoms with E-state index >= 15 is 0 Å². The van der Waals surface area contributed by atoms with E-state index in [2.05, 4.69) is 0 Å². The van der Waals surface area contributed by atoms with Gasteiger partial charge in [0.1, 0.15) is 13.6 Å². The van der Waals surface area contributed by atoms with Gasteiger partial charge in [-0.25, -0.2) is 21.4 Å². The molecule has 0 saturated heterocycles. The Morgan fingerprint density at radius 1 is 0.906 bits per heavy atom. The third-order valence-corrected chi connectivity index (χ3v) is 6.35. The molecule has 0 bridgehead atoms. The zero-order valence-electron chi connectivity index (χ0n) is 18.6. The Morgan fingerprint density at radius 3 is 1.97 bits per heavy atom. The number of benzene rings is 1. The summed E-state index contributed by atoms with van der Waals surface area (Å²) < 4.78 is 66.1. The van der Waals surface area contributed by atoms with Crippen LogP contribution in [0.2, 0.25) is 0 Å². The molecule has 1 aromatic rings. The van der Waals surface area contributed by atoms with Gasteiger partial charge in [-0.2, -0.15) is 0 Å². The van der Waals surface area contributed by atoms with Crippen molar-refractivity contribution in [3.63, 3.8) is 0 Å². The molecular weight excluding hydrogens is 463 g/mol. The molecule has 0 radical (unpaired) electrons. The molecule has 0 amide bonds. The third kappa shape index (κ3) is 11.0. The molecule has 32 heavy (non-hydrogen) atoms. The van der Waals surface area contributed by atoms with Crippen LogP contribution in [-0.2, 0) is 20.2 Å². The van der Waals surface area contributed by atoms with Gasteiger partial charge in [0.25, 0.3) is 0 Å². The molecule has 0 atom stereocenters. The van der Waals surface area contributed by atoms with Crippen molar-refractivity contribution in [3.05, 3.63) is 59.7 Å². The molecule has 8 nitrogen and oxygen atoms in total. The number of anilines is 1. The first kappa shape index (κ1) is 28.8. The largest absolute Gasteiger partial charge is 1.00 e.